The van der Waals surface area contributed by atoms with Gasteiger partial charge in [0.25, 0.3) is 0 Å². The maximum Gasteiger partial charge on any atom is -0.00930 e. The van der Waals surface area contributed by atoms with Crippen LogP contribution in [0.5, 0.6) is 0 Å². The maximum atomic E-state index is 3.71. The lowest BCUT2D eigenvalue weighted by molar-refractivity contribution is 0.728. The average molecular weight is 258 g/mol. The highest BCUT2D eigenvalue weighted by Crippen LogP contribution is 2.00. The van der Waals surface area contributed by atoms with Gasteiger partial charge in [0.05, 0.1) is 0 Å². The van der Waals surface area contributed by atoms with E-state index in [0.717, 1.165) is 25.7 Å². The predicted octanol–water partition coefficient (Wildman–Crippen LogP) is 6.53. The molecule has 0 aromatic carbocycles. The van der Waals surface area contributed by atoms with E-state index >= 15 is 0 Å². The van der Waals surface area contributed by atoms with Crippen molar-refractivity contribution in [3.63, 3.8) is 0 Å². The van der Waals surface area contributed by atoms with Gasteiger partial charge < -0.3 is 0 Å². The van der Waals surface area contributed by atoms with Crippen LogP contribution in [0.25, 0.3) is 0 Å². The molecule has 0 nitrogen and oxygen atoms in total. The van der Waals surface area contributed by atoms with Crippen LogP contribution in [0, 0.1) is 0 Å². The molecule has 0 aliphatic heterocycles. The van der Waals surface area contributed by atoms with Crippen molar-refractivity contribution in [2.45, 2.75) is 64.7 Å². The van der Waals surface area contributed by atoms with Crippen molar-refractivity contribution in [2.24, 2.45) is 0 Å². The summed E-state index contributed by atoms with van der Waals surface area (Å²) in [6, 6.07) is 0. The number of hydrogen-bond donors (Lipinski definition) is 0. The second-order valence-electron chi connectivity index (χ2n) is 4.70. The molecular weight excluding hydrogens is 228 g/mol. The van der Waals surface area contributed by atoms with Crippen molar-refractivity contribution in [1.29, 1.82) is 0 Å². The van der Waals surface area contributed by atoms with Crippen LogP contribution in [-0.2, 0) is 0 Å². The Morgan fingerprint density at radius 3 is 2.00 bits per heavy atom. The van der Waals surface area contributed by atoms with E-state index in [4.69, 9.17) is 0 Å². The van der Waals surface area contributed by atoms with Gasteiger partial charge in [-0.05, 0) is 57.1 Å². The van der Waals surface area contributed by atoms with Gasteiger partial charge in [0.15, 0.2) is 0 Å². The normalized spacial score (nSPS) is 10.8. The Kier molecular flexibility index (Phi) is 15.6. The van der Waals surface area contributed by atoms with Gasteiger partial charge in [0.2, 0.25) is 0 Å². The summed E-state index contributed by atoms with van der Waals surface area (Å²) in [4.78, 5) is 0. The van der Waals surface area contributed by atoms with Gasteiger partial charge in [-0.25, -0.2) is 0 Å². The molecule has 0 heteroatoms. The van der Waals surface area contributed by atoms with Gasteiger partial charge in [-0.3, -0.25) is 0 Å². The highest BCUT2D eigenvalue weighted by molar-refractivity contribution is 4.96. The van der Waals surface area contributed by atoms with Gasteiger partial charge in [-0.15, -0.1) is 12.3 Å². The van der Waals surface area contributed by atoms with E-state index in [1.165, 1.54) is 32.1 Å². The molecule has 0 saturated heterocycles. The molecule has 0 aliphatic carbocycles. The fourth-order valence-electron chi connectivity index (χ4n) is 1.68. The first kappa shape index (κ1) is 17.7. The first-order valence-electron chi connectivity index (χ1n) is 7.72. The Bertz CT molecular complexity index is 298. The van der Waals surface area contributed by atoms with Crippen LogP contribution in [0.3, 0.4) is 0 Å². The molecule has 19 heavy (non-hydrogen) atoms. The Balaban J connectivity index is 3.44. The van der Waals surface area contributed by atoms with Gasteiger partial charge in [0.1, 0.15) is 0 Å². The van der Waals surface area contributed by atoms with Crippen molar-refractivity contribution >= 4 is 0 Å². The Morgan fingerprint density at radius 1 is 0.789 bits per heavy atom. The summed E-state index contributed by atoms with van der Waals surface area (Å²) in [5, 5.41) is 0. The molecule has 0 amide bonds. The first-order valence-corrected chi connectivity index (χ1v) is 7.72. The summed E-state index contributed by atoms with van der Waals surface area (Å²) in [5.41, 5.74) is 3.22. The molecule has 0 aromatic heterocycles. The first-order chi connectivity index (χ1) is 9.41. The van der Waals surface area contributed by atoms with Crippen molar-refractivity contribution in [1.82, 2.24) is 0 Å². The minimum atomic E-state index is 0.991. The fourth-order valence-corrected chi connectivity index (χ4v) is 1.68. The molecule has 0 aliphatic rings. The lowest BCUT2D eigenvalue weighted by atomic mass is 10.2. The van der Waals surface area contributed by atoms with Crippen LogP contribution in [0.2, 0.25) is 0 Å². The molecule has 0 atom stereocenters. The zero-order valence-corrected chi connectivity index (χ0v) is 12.6. The van der Waals surface area contributed by atoms with Crippen molar-refractivity contribution in [3.05, 3.63) is 54.8 Å². The lowest BCUT2D eigenvalue weighted by Gasteiger charge is -1.90. The van der Waals surface area contributed by atoms with E-state index in [1.807, 2.05) is 6.08 Å². The lowest BCUT2D eigenvalue weighted by Crippen LogP contribution is -1.70. The molecular formula is C19H30. The summed E-state index contributed by atoms with van der Waals surface area (Å²) < 4.78 is 0. The molecule has 0 bridgehead atoms. The predicted molar refractivity (Wildman–Crippen MR) is 88.4 cm³/mol. The van der Waals surface area contributed by atoms with Crippen LogP contribution in [-0.4, -0.2) is 0 Å². The van der Waals surface area contributed by atoms with E-state index in [9.17, 15) is 0 Å². The number of hydrogen-bond acceptors (Lipinski definition) is 0. The zero-order chi connectivity index (χ0) is 14.0. The summed E-state index contributed by atoms with van der Waals surface area (Å²) >= 11 is 0. The highest BCUT2D eigenvalue weighted by atomic mass is 13.9. The summed E-state index contributed by atoms with van der Waals surface area (Å²) in [6.07, 6.45) is 25.8. The molecule has 0 spiro atoms. The van der Waals surface area contributed by atoms with Gasteiger partial charge in [0, 0.05) is 0 Å². The second-order valence-corrected chi connectivity index (χ2v) is 4.70. The van der Waals surface area contributed by atoms with E-state index in [1.54, 1.807) is 0 Å². The SMILES string of the molecule is C=CCCC/C=C/CC=C=CC/C=C/CCCCC. The molecule has 0 N–H and O–H groups in total. The van der Waals surface area contributed by atoms with Crippen molar-refractivity contribution < 1.29 is 0 Å². The largest absolute Gasteiger partial charge is 0.129 e. The Hall–Kier alpha value is -1.26. The molecule has 0 heterocycles. The number of rotatable bonds is 12. The Labute approximate surface area is 120 Å². The van der Waals surface area contributed by atoms with Gasteiger partial charge >= 0.3 is 0 Å². The van der Waals surface area contributed by atoms with Gasteiger partial charge in [-0.1, -0.05) is 50.1 Å². The van der Waals surface area contributed by atoms with E-state index in [0.29, 0.717) is 0 Å². The molecule has 106 valence electrons. The standard InChI is InChI=1S/C19H30/c1-3-5-7-9-11-13-15-17-19-18-16-14-12-10-8-6-4-2/h3,11-14,17-18H,1,4-10,15-16H2,2H3/b13-11+,14-12+. The third-order valence-corrected chi connectivity index (χ3v) is 2.83. The average Bonchev–Trinajstić information content (AvgIpc) is 2.43. The van der Waals surface area contributed by atoms with Crippen LogP contribution in [0.15, 0.2) is 54.8 Å². The molecule has 0 fully saturated rings. The van der Waals surface area contributed by atoms with E-state index in [2.05, 4.69) is 55.7 Å². The zero-order valence-electron chi connectivity index (χ0n) is 12.6. The molecule has 0 rings (SSSR count). The molecule has 0 aromatic rings. The monoisotopic (exact) mass is 258 g/mol. The van der Waals surface area contributed by atoms with Crippen LogP contribution >= 0.6 is 0 Å². The molecule has 0 saturated carbocycles. The van der Waals surface area contributed by atoms with Crippen molar-refractivity contribution in [2.75, 3.05) is 0 Å². The molecule has 0 unspecified atom stereocenters. The van der Waals surface area contributed by atoms with E-state index in [-0.39, 0.29) is 0 Å². The summed E-state index contributed by atoms with van der Waals surface area (Å²) in [7, 11) is 0. The van der Waals surface area contributed by atoms with Crippen LogP contribution in [0.1, 0.15) is 64.7 Å². The quantitative estimate of drug-likeness (QED) is 0.212. The number of allylic oxidation sites excluding steroid dienone is 6. The smallest absolute Gasteiger partial charge is 0.00930 e. The third kappa shape index (κ3) is 16.7. The second kappa shape index (κ2) is 16.7. The summed E-state index contributed by atoms with van der Waals surface area (Å²) in [6.45, 7) is 5.96. The van der Waals surface area contributed by atoms with Gasteiger partial charge in [-0.2, -0.15) is 0 Å². The topological polar surface area (TPSA) is 0 Å². The minimum Gasteiger partial charge on any atom is -0.129 e. The molecule has 0 radical (unpaired) electrons. The van der Waals surface area contributed by atoms with E-state index < -0.39 is 0 Å². The minimum absolute atomic E-state index is 0.991. The highest BCUT2D eigenvalue weighted by Gasteiger charge is 1.80. The van der Waals surface area contributed by atoms with Crippen LogP contribution < -0.4 is 0 Å². The summed E-state index contributed by atoms with van der Waals surface area (Å²) in [5.74, 6) is 0. The fraction of sp³-hybridized carbons (Fsp3) is 0.526. The maximum absolute atomic E-state index is 3.71. The van der Waals surface area contributed by atoms with Crippen LogP contribution in [0.4, 0.5) is 0 Å². The Morgan fingerprint density at radius 2 is 1.42 bits per heavy atom. The van der Waals surface area contributed by atoms with Crippen molar-refractivity contribution in [3.8, 4) is 0 Å². The third-order valence-electron chi connectivity index (χ3n) is 2.83. The number of unbranched alkanes of at least 4 members (excludes halogenated alkanes) is 5.